The van der Waals surface area contributed by atoms with E-state index in [1.807, 2.05) is 48.5 Å². The van der Waals surface area contributed by atoms with Gasteiger partial charge >= 0.3 is 0 Å². The minimum atomic E-state index is -0.0923. The zero-order chi connectivity index (χ0) is 14.7. The fourth-order valence-electron chi connectivity index (χ4n) is 2.35. The van der Waals surface area contributed by atoms with Crippen molar-refractivity contribution in [3.8, 4) is 0 Å². The number of aromatic nitrogens is 2. The molecule has 0 radical (unpaired) electrons. The number of aliphatic hydroxyl groups is 1. The number of aromatic amines is 1. The van der Waals surface area contributed by atoms with Crippen molar-refractivity contribution in [3.05, 3.63) is 54.1 Å². The Balaban J connectivity index is 1.76. The minimum absolute atomic E-state index is 0.0358. The molecule has 5 N–H and O–H groups in total. The van der Waals surface area contributed by atoms with Crippen molar-refractivity contribution < 1.29 is 5.11 Å². The van der Waals surface area contributed by atoms with E-state index in [9.17, 15) is 5.11 Å². The number of nitrogen functional groups attached to an aromatic ring is 1. The number of hydrogen-bond donors (Lipinski definition) is 4. The van der Waals surface area contributed by atoms with Crippen LogP contribution in [0.1, 0.15) is 5.56 Å². The molecule has 0 amide bonds. The van der Waals surface area contributed by atoms with Crippen LogP contribution in [0.5, 0.6) is 0 Å². The van der Waals surface area contributed by atoms with Crippen molar-refractivity contribution in [1.82, 2.24) is 9.97 Å². The Kier molecular flexibility index (Phi) is 3.75. The summed E-state index contributed by atoms with van der Waals surface area (Å²) >= 11 is 0. The summed E-state index contributed by atoms with van der Waals surface area (Å²) in [5.41, 5.74) is 9.35. The number of nitrogens with two attached hydrogens (primary N) is 1. The van der Waals surface area contributed by atoms with Gasteiger partial charge in [-0.1, -0.05) is 30.3 Å². The Morgan fingerprint density at radius 3 is 2.76 bits per heavy atom. The second kappa shape index (κ2) is 5.85. The van der Waals surface area contributed by atoms with Gasteiger partial charge in [0.05, 0.1) is 23.7 Å². The lowest BCUT2D eigenvalue weighted by atomic mass is 10.1. The summed E-state index contributed by atoms with van der Waals surface area (Å²) in [6.45, 7) is 0.0358. The fourth-order valence-corrected chi connectivity index (χ4v) is 2.35. The maximum Gasteiger partial charge on any atom is 0.201 e. The SMILES string of the molecule is Nc1ccc2nc(NC(CO)Cc3ccccc3)[nH]c2c1. The molecule has 5 heteroatoms. The van der Waals surface area contributed by atoms with Gasteiger partial charge < -0.3 is 21.1 Å². The third kappa shape index (κ3) is 3.14. The van der Waals surface area contributed by atoms with Gasteiger partial charge in [-0.15, -0.1) is 0 Å². The molecule has 0 spiro atoms. The first-order valence-electron chi connectivity index (χ1n) is 6.91. The highest BCUT2D eigenvalue weighted by atomic mass is 16.3. The Labute approximate surface area is 122 Å². The summed E-state index contributed by atoms with van der Waals surface area (Å²) < 4.78 is 0. The number of fused-ring (bicyclic) bond motifs is 1. The zero-order valence-electron chi connectivity index (χ0n) is 11.6. The molecule has 0 bridgehead atoms. The van der Waals surface area contributed by atoms with Crippen LogP contribution in [0.2, 0.25) is 0 Å². The second-order valence-corrected chi connectivity index (χ2v) is 5.08. The predicted molar refractivity (Wildman–Crippen MR) is 85.1 cm³/mol. The number of benzene rings is 2. The Hall–Kier alpha value is -2.53. The molecule has 1 aromatic heterocycles. The molecule has 0 saturated heterocycles. The molecule has 0 aliphatic heterocycles. The first-order valence-corrected chi connectivity index (χ1v) is 6.91. The average molecular weight is 282 g/mol. The lowest BCUT2D eigenvalue weighted by Gasteiger charge is -2.15. The number of nitrogens with zero attached hydrogens (tertiary/aromatic N) is 1. The summed E-state index contributed by atoms with van der Waals surface area (Å²) in [5, 5.41) is 12.8. The van der Waals surface area contributed by atoms with Gasteiger partial charge in [-0.2, -0.15) is 0 Å². The first-order chi connectivity index (χ1) is 10.2. The van der Waals surface area contributed by atoms with E-state index in [-0.39, 0.29) is 12.6 Å². The number of imidazole rings is 1. The first kappa shape index (κ1) is 13.5. The maximum atomic E-state index is 9.54. The van der Waals surface area contributed by atoms with E-state index in [0.717, 1.165) is 17.5 Å². The molecule has 1 heterocycles. The molecule has 0 saturated carbocycles. The molecular weight excluding hydrogens is 264 g/mol. The van der Waals surface area contributed by atoms with E-state index in [1.165, 1.54) is 5.56 Å². The standard InChI is InChI=1S/C16H18N4O/c17-12-6-7-14-15(9-12)20-16(19-14)18-13(10-21)8-11-4-2-1-3-5-11/h1-7,9,13,21H,8,10,17H2,(H2,18,19,20). The van der Waals surface area contributed by atoms with E-state index >= 15 is 0 Å². The average Bonchev–Trinajstić information content (AvgIpc) is 2.89. The highest BCUT2D eigenvalue weighted by Crippen LogP contribution is 2.18. The Bertz CT molecular complexity index is 723. The summed E-state index contributed by atoms with van der Waals surface area (Å²) in [6, 6.07) is 15.5. The van der Waals surface area contributed by atoms with Crippen LogP contribution in [0, 0.1) is 0 Å². The van der Waals surface area contributed by atoms with Crippen molar-refractivity contribution in [2.45, 2.75) is 12.5 Å². The molecule has 2 aromatic carbocycles. The summed E-state index contributed by atoms with van der Waals surface area (Å²) in [6.07, 6.45) is 0.733. The van der Waals surface area contributed by atoms with Crippen LogP contribution in [-0.2, 0) is 6.42 Å². The van der Waals surface area contributed by atoms with Crippen LogP contribution < -0.4 is 11.1 Å². The van der Waals surface area contributed by atoms with Crippen molar-refractivity contribution in [3.63, 3.8) is 0 Å². The highest BCUT2D eigenvalue weighted by molar-refractivity contribution is 5.80. The summed E-state index contributed by atoms with van der Waals surface area (Å²) in [7, 11) is 0. The number of rotatable bonds is 5. The van der Waals surface area contributed by atoms with Gasteiger partial charge in [0.25, 0.3) is 0 Å². The van der Waals surface area contributed by atoms with Gasteiger partial charge in [0.2, 0.25) is 5.95 Å². The lowest BCUT2D eigenvalue weighted by Crippen LogP contribution is -2.26. The molecule has 0 aliphatic rings. The van der Waals surface area contributed by atoms with Gasteiger partial charge in [0.15, 0.2) is 0 Å². The smallest absolute Gasteiger partial charge is 0.201 e. The molecule has 0 aliphatic carbocycles. The van der Waals surface area contributed by atoms with Crippen LogP contribution >= 0.6 is 0 Å². The van der Waals surface area contributed by atoms with Gasteiger partial charge in [-0.05, 0) is 30.2 Å². The molecule has 5 nitrogen and oxygen atoms in total. The second-order valence-electron chi connectivity index (χ2n) is 5.08. The van der Waals surface area contributed by atoms with E-state index in [0.29, 0.717) is 11.6 Å². The molecule has 1 atom stereocenters. The van der Waals surface area contributed by atoms with E-state index < -0.39 is 0 Å². The van der Waals surface area contributed by atoms with Crippen LogP contribution in [-0.4, -0.2) is 27.7 Å². The van der Waals surface area contributed by atoms with Crippen molar-refractivity contribution >= 4 is 22.7 Å². The topological polar surface area (TPSA) is 87.0 Å². The van der Waals surface area contributed by atoms with Gasteiger partial charge in [0, 0.05) is 5.69 Å². The predicted octanol–water partition coefficient (Wildman–Crippen LogP) is 2.16. The third-order valence-corrected chi connectivity index (χ3v) is 3.39. The molecule has 1 unspecified atom stereocenters. The minimum Gasteiger partial charge on any atom is -0.399 e. The van der Waals surface area contributed by atoms with Crippen LogP contribution in [0.4, 0.5) is 11.6 Å². The van der Waals surface area contributed by atoms with Gasteiger partial charge in [-0.3, -0.25) is 0 Å². The normalized spacial score (nSPS) is 12.4. The number of nitrogens with one attached hydrogen (secondary N) is 2. The molecule has 3 aromatic rings. The molecular formula is C16H18N4O. The number of hydrogen-bond acceptors (Lipinski definition) is 4. The largest absolute Gasteiger partial charge is 0.399 e. The van der Waals surface area contributed by atoms with Crippen LogP contribution in [0.3, 0.4) is 0 Å². The number of H-pyrrole nitrogens is 1. The molecule has 108 valence electrons. The highest BCUT2D eigenvalue weighted by Gasteiger charge is 2.11. The Morgan fingerprint density at radius 2 is 2.00 bits per heavy atom. The Morgan fingerprint density at radius 1 is 1.19 bits per heavy atom. The summed E-state index contributed by atoms with van der Waals surface area (Å²) in [4.78, 5) is 7.62. The van der Waals surface area contributed by atoms with Crippen molar-refractivity contribution in [2.24, 2.45) is 0 Å². The van der Waals surface area contributed by atoms with E-state index in [2.05, 4.69) is 15.3 Å². The van der Waals surface area contributed by atoms with E-state index in [1.54, 1.807) is 0 Å². The number of aliphatic hydroxyl groups excluding tert-OH is 1. The molecule has 3 rings (SSSR count). The monoisotopic (exact) mass is 282 g/mol. The van der Waals surface area contributed by atoms with Gasteiger partial charge in [0.1, 0.15) is 0 Å². The van der Waals surface area contributed by atoms with Crippen molar-refractivity contribution in [2.75, 3.05) is 17.7 Å². The lowest BCUT2D eigenvalue weighted by molar-refractivity contribution is 0.273. The van der Waals surface area contributed by atoms with E-state index in [4.69, 9.17) is 5.73 Å². The molecule has 21 heavy (non-hydrogen) atoms. The number of anilines is 2. The van der Waals surface area contributed by atoms with Gasteiger partial charge in [-0.25, -0.2) is 4.98 Å². The maximum absolute atomic E-state index is 9.54. The van der Waals surface area contributed by atoms with Crippen LogP contribution in [0.25, 0.3) is 11.0 Å². The van der Waals surface area contributed by atoms with Crippen LogP contribution in [0.15, 0.2) is 48.5 Å². The molecule has 0 fully saturated rings. The fraction of sp³-hybridized carbons (Fsp3) is 0.188. The van der Waals surface area contributed by atoms with Crippen molar-refractivity contribution in [1.29, 1.82) is 0 Å². The quantitative estimate of drug-likeness (QED) is 0.540. The zero-order valence-corrected chi connectivity index (χ0v) is 11.6. The third-order valence-electron chi connectivity index (χ3n) is 3.39. The summed E-state index contributed by atoms with van der Waals surface area (Å²) in [5.74, 6) is 0.644.